The Hall–Kier alpha value is -2.48. The van der Waals surface area contributed by atoms with E-state index in [2.05, 4.69) is 9.97 Å². The molecule has 0 unspecified atom stereocenters. The lowest BCUT2D eigenvalue weighted by Gasteiger charge is -2.10. The molecule has 0 radical (unpaired) electrons. The van der Waals surface area contributed by atoms with E-state index in [1.54, 1.807) is 13.8 Å². The molecule has 0 fully saturated rings. The first-order valence-electron chi connectivity index (χ1n) is 6.80. The minimum atomic E-state index is -0.586. The molecule has 0 atom stereocenters. The fourth-order valence-electron chi connectivity index (χ4n) is 2.09. The van der Waals surface area contributed by atoms with Gasteiger partial charge >= 0.3 is 11.7 Å². The van der Waals surface area contributed by atoms with E-state index in [0.29, 0.717) is 12.2 Å². The van der Waals surface area contributed by atoms with Gasteiger partial charge in [-0.1, -0.05) is 0 Å². The number of ether oxygens (including phenoxy) is 2. The average Bonchev–Trinajstić information content (AvgIpc) is 2.47. The normalized spacial score (nSPS) is 10.9. The summed E-state index contributed by atoms with van der Waals surface area (Å²) in [7, 11) is 1.50. The number of esters is 1. The molecule has 0 aliphatic carbocycles. The maximum atomic E-state index is 12.0. The number of carbonyl (C=O) groups is 1. The molecule has 0 spiro atoms. The number of aromatic nitrogens is 3. The van der Waals surface area contributed by atoms with E-state index in [1.165, 1.54) is 17.7 Å². The number of aromatic amines is 1. The number of rotatable bonds is 5. The fraction of sp³-hybridized carbons (Fsp3) is 0.429. The lowest BCUT2D eigenvalue weighted by molar-refractivity contribution is 0.0387. The van der Waals surface area contributed by atoms with Crippen molar-refractivity contribution in [3.05, 3.63) is 38.2 Å². The number of fused-ring (bicyclic) bond motifs is 1. The lowest BCUT2D eigenvalue weighted by Crippen LogP contribution is -2.31. The number of H-pyrrole nitrogens is 1. The summed E-state index contributed by atoms with van der Waals surface area (Å²) in [4.78, 5) is 42.1. The van der Waals surface area contributed by atoms with Crippen molar-refractivity contribution in [3.63, 3.8) is 0 Å². The number of carbonyl (C=O) groups excluding carboxylic acids is 1. The number of hydrogen-bond donors (Lipinski definition) is 1. The summed E-state index contributed by atoms with van der Waals surface area (Å²) in [6, 6.07) is 1.40. The van der Waals surface area contributed by atoms with Crippen molar-refractivity contribution < 1.29 is 14.3 Å². The van der Waals surface area contributed by atoms with Gasteiger partial charge in [0.15, 0.2) is 0 Å². The predicted molar refractivity (Wildman–Crippen MR) is 79.2 cm³/mol. The molecule has 0 saturated heterocycles. The highest BCUT2D eigenvalue weighted by molar-refractivity contribution is 5.94. The Morgan fingerprint density at radius 2 is 2.09 bits per heavy atom. The molecule has 1 N–H and O–H groups in total. The van der Waals surface area contributed by atoms with Gasteiger partial charge in [0.2, 0.25) is 0 Å². The highest BCUT2D eigenvalue weighted by atomic mass is 16.6. The lowest BCUT2D eigenvalue weighted by atomic mass is 10.1. The van der Waals surface area contributed by atoms with Gasteiger partial charge in [-0.05, 0) is 19.9 Å². The Bertz CT molecular complexity index is 822. The molecule has 8 heteroatoms. The quantitative estimate of drug-likeness (QED) is 0.626. The number of nitrogens with one attached hydrogen (secondary N) is 1. The average molecular weight is 307 g/mol. The summed E-state index contributed by atoms with van der Waals surface area (Å²) in [5.41, 5.74) is -0.273. The highest BCUT2D eigenvalue weighted by Crippen LogP contribution is 2.13. The van der Waals surface area contributed by atoms with Gasteiger partial charge in [-0.3, -0.25) is 14.3 Å². The van der Waals surface area contributed by atoms with Crippen LogP contribution in [-0.2, 0) is 16.0 Å². The summed E-state index contributed by atoms with van der Waals surface area (Å²) in [6.07, 6.45) is 0. The van der Waals surface area contributed by atoms with Crippen molar-refractivity contribution in [1.82, 2.24) is 14.5 Å². The van der Waals surface area contributed by atoms with Gasteiger partial charge in [0, 0.05) is 13.7 Å². The summed E-state index contributed by atoms with van der Waals surface area (Å²) in [5, 5.41) is 0.172. The summed E-state index contributed by atoms with van der Waals surface area (Å²) >= 11 is 0. The Kier molecular flexibility index (Phi) is 4.71. The maximum absolute atomic E-state index is 12.0. The second-order valence-corrected chi connectivity index (χ2v) is 4.62. The zero-order chi connectivity index (χ0) is 16.3. The largest absolute Gasteiger partial charge is 0.460 e. The SMILES string of the molecule is CCn1c(=O)[nH]c(=O)c2cc(C(=O)OCCOC)c(C)nc21. The Balaban J connectivity index is 2.56. The molecule has 0 amide bonds. The van der Waals surface area contributed by atoms with Crippen LogP contribution in [0.3, 0.4) is 0 Å². The molecule has 2 aromatic rings. The van der Waals surface area contributed by atoms with E-state index in [-0.39, 0.29) is 29.8 Å². The smallest absolute Gasteiger partial charge is 0.340 e. The number of nitrogens with zero attached hydrogens (tertiary/aromatic N) is 2. The second kappa shape index (κ2) is 6.52. The van der Waals surface area contributed by atoms with Crippen molar-refractivity contribution in [1.29, 1.82) is 0 Å². The van der Waals surface area contributed by atoms with Gasteiger partial charge in [-0.25, -0.2) is 14.6 Å². The zero-order valence-corrected chi connectivity index (χ0v) is 12.6. The summed E-state index contributed by atoms with van der Waals surface area (Å²) in [5.74, 6) is -0.586. The molecule has 2 heterocycles. The van der Waals surface area contributed by atoms with E-state index in [9.17, 15) is 14.4 Å². The molecule has 0 bridgehead atoms. The van der Waals surface area contributed by atoms with Crippen LogP contribution in [0.2, 0.25) is 0 Å². The number of pyridine rings is 1. The van der Waals surface area contributed by atoms with E-state index < -0.39 is 17.2 Å². The van der Waals surface area contributed by atoms with Crippen LogP contribution < -0.4 is 11.2 Å². The summed E-state index contributed by atoms with van der Waals surface area (Å²) < 4.78 is 11.2. The minimum Gasteiger partial charge on any atom is -0.460 e. The van der Waals surface area contributed by atoms with Crippen LogP contribution >= 0.6 is 0 Å². The van der Waals surface area contributed by atoms with Gasteiger partial charge < -0.3 is 9.47 Å². The number of aryl methyl sites for hydroxylation is 2. The molecule has 0 aliphatic rings. The third-order valence-corrected chi connectivity index (χ3v) is 3.22. The van der Waals surface area contributed by atoms with Gasteiger partial charge in [-0.2, -0.15) is 0 Å². The molecule has 2 aromatic heterocycles. The van der Waals surface area contributed by atoms with Crippen LogP contribution in [0.4, 0.5) is 0 Å². The molecule has 0 saturated carbocycles. The van der Waals surface area contributed by atoms with E-state index in [1.807, 2.05) is 0 Å². The molecule has 8 nitrogen and oxygen atoms in total. The van der Waals surface area contributed by atoms with Crippen LogP contribution in [0.1, 0.15) is 23.0 Å². The molecule has 0 aromatic carbocycles. The highest BCUT2D eigenvalue weighted by Gasteiger charge is 2.16. The first kappa shape index (κ1) is 15.9. The second-order valence-electron chi connectivity index (χ2n) is 4.62. The van der Waals surface area contributed by atoms with Crippen molar-refractivity contribution in [2.75, 3.05) is 20.3 Å². The van der Waals surface area contributed by atoms with Crippen molar-refractivity contribution >= 4 is 17.0 Å². The van der Waals surface area contributed by atoms with Crippen LogP contribution in [0.25, 0.3) is 11.0 Å². The third-order valence-electron chi connectivity index (χ3n) is 3.22. The van der Waals surface area contributed by atoms with Crippen LogP contribution in [-0.4, -0.2) is 40.8 Å². The van der Waals surface area contributed by atoms with Crippen LogP contribution in [0.15, 0.2) is 15.7 Å². The van der Waals surface area contributed by atoms with Gasteiger partial charge in [0.05, 0.1) is 23.3 Å². The van der Waals surface area contributed by atoms with Crippen molar-refractivity contribution in [2.45, 2.75) is 20.4 Å². The Morgan fingerprint density at radius 1 is 1.36 bits per heavy atom. The van der Waals surface area contributed by atoms with Gasteiger partial charge in [0.25, 0.3) is 5.56 Å². The first-order valence-corrected chi connectivity index (χ1v) is 6.80. The fourth-order valence-corrected chi connectivity index (χ4v) is 2.09. The number of hydrogen-bond acceptors (Lipinski definition) is 6. The molecular weight excluding hydrogens is 290 g/mol. The van der Waals surface area contributed by atoms with E-state index in [4.69, 9.17) is 9.47 Å². The summed E-state index contributed by atoms with van der Waals surface area (Å²) in [6.45, 7) is 4.14. The Labute approximate surface area is 125 Å². The van der Waals surface area contributed by atoms with E-state index >= 15 is 0 Å². The maximum Gasteiger partial charge on any atom is 0.340 e. The topological polar surface area (TPSA) is 103 Å². The standard InChI is InChI=1S/C14H17N3O5/c1-4-17-11-10(12(18)16-14(17)20)7-9(8(2)15-11)13(19)22-6-5-21-3/h7H,4-6H2,1-3H3,(H,16,18,20). The molecular formula is C14H17N3O5. The zero-order valence-electron chi connectivity index (χ0n) is 12.6. The molecule has 2 rings (SSSR count). The van der Waals surface area contributed by atoms with Gasteiger partial charge in [0.1, 0.15) is 12.3 Å². The first-order chi connectivity index (χ1) is 10.5. The molecule has 118 valence electrons. The minimum absolute atomic E-state index is 0.109. The predicted octanol–water partition coefficient (Wildman–Crippen LogP) is 0.216. The molecule has 22 heavy (non-hydrogen) atoms. The van der Waals surface area contributed by atoms with Crippen molar-refractivity contribution in [3.8, 4) is 0 Å². The van der Waals surface area contributed by atoms with E-state index in [0.717, 1.165) is 0 Å². The van der Waals surface area contributed by atoms with Crippen LogP contribution in [0.5, 0.6) is 0 Å². The Morgan fingerprint density at radius 3 is 2.73 bits per heavy atom. The monoisotopic (exact) mass is 307 g/mol. The van der Waals surface area contributed by atoms with Crippen LogP contribution in [0, 0.1) is 6.92 Å². The van der Waals surface area contributed by atoms with Gasteiger partial charge in [-0.15, -0.1) is 0 Å². The molecule has 0 aliphatic heterocycles. The number of methoxy groups -OCH3 is 1. The third kappa shape index (κ3) is 2.91. The van der Waals surface area contributed by atoms with Crippen molar-refractivity contribution in [2.24, 2.45) is 0 Å².